The first-order valence-electron chi connectivity index (χ1n) is 10.1. The number of aryl methyl sites for hydroxylation is 1. The van der Waals surface area contributed by atoms with Gasteiger partial charge in [0.2, 0.25) is 0 Å². The van der Waals surface area contributed by atoms with Crippen LogP contribution >= 0.6 is 0 Å². The molecule has 0 saturated carbocycles. The molecule has 0 heterocycles. The zero-order valence-electron chi connectivity index (χ0n) is 18.0. The van der Waals surface area contributed by atoms with Crippen LogP contribution in [0.1, 0.15) is 35.6 Å². The minimum Gasteiger partial charge on any atom is -1.00 e. The van der Waals surface area contributed by atoms with Crippen molar-refractivity contribution >= 4 is 14.0 Å². The molecule has 0 saturated heterocycles. The van der Waals surface area contributed by atoms with Gasteiger partial charge in [0.25, 0.3) is 0 Å². The molecule has 30 heavy (non-hydrogen) atoms. The number of hydrogen-bond acceptors (Lipinski definition) is 1. The van der Waals surface area contributed by atoms with Crippen molar-refractivity contribution < 1.29 is 56.1 Å². The van der Waals surface area contributed by atoms with Gasteiger partial charge in [-0.05, 0) is 12.8 Å². The first-order valence-corrected chi connectivity index (χ1v) is 13.0. The molecule has 3 aromatic rings. The predicted molar refractivity (Wildman–Crippen MR) is 119 cm³/mol. The Kier molecular flexibility index (Phi) is 14.2. The van der Waals surface area contributed by atoms with Crippen molar-refractivity contribution in [3.63, 3.8) is 0 Å². The van der Waals surface area contributed by atoms with Gasteiger partial charge < -0.3 is 29.9 Å². The Morgan fingerprint density at radius 1 is 1.03 bits per heavy atom. The summed E-state index contributed by atoms with van der Waals surface area (Å²) in [5.74, 6) is 0. The van der Waals surface area contributed by atoms with Gasteiger partial charge >= 0.3 is 26.2 Å². The topological polar surface area (TPSA) is 20.2 Å². The fourth-order valence-electron chi connectivity index (χ4n) is 4.05. The normalized spacial score (nSPS) is 10.6. The molecule has 3 aromatic carbocycles. The van der Waals surface area contributed by atoms with Gasteiger partial charge in [0.05, 0.1) is 0 Å². The molecule has 5 heteroatoms. The Hall–Kier alpha value is -0.570. The Bertz CT molecular complexity index is 849. The summed E-state index contributed by atoms with van der Waals surface area (Å²) < 4.78 is 0. The third-order valence-electron chi connectivity index (χ3n) is 5.40. The van der Waals surface area contributed by atoms with Gasteiger partial charge in [-0.2, -0.15) is 52.2 Å². The molecule has 0 fully saturated rings. The van der Waals surface area contributed by atoms with Crippen LogP contribution in [-0.2, 0) is 45.5 Å². The van der Waals surface area contributed by atoms with Crippen LogP contribution in [0.4, 0.5) is 0 Å². The van der Waals surface area contributed by atoms with Crippen LogP contribution in [0.5, 0.6) is 0 Å². The number of aliphatic hydroxyl groups is 1. The maximum absolute atomic E-state index is 8.82. The van der Waals surface area contributed by atoms with Crippen LogP contribution in [0.3, 0.4) is 0 Å². The van der Waals surface area contributed by atoms with Gasteiger partial charge in [0, 0.05) is 15.4 Å². The average molecular weight is 537 g/mol. The molecular formula is C25H30Cl2OSiZr. The molecule has 0 radical (unpaired) electrons. The van der Waals surface area contributed by atoms with Crippen molar-refractivity contribution in [1.29, 1.82) is 0 Å². The smallest absolute Gasteiger partial charge is 1.00 e. The second kappa shape index (κ2) is 14.5. The van der Waals surface area contributed by atoms with Gasteiger partial charge in [-0.1, -0.05) is 68.3 Å². The average Bonchev–Trinajstić information content (AvgIpc) is 3.27. The van der Waals surface area contributed by atoms with Gasteiger partial charge in [-0.25, -0.2) is 6.07 Å². The summed E-state index contributed by atoms with van der Waals surface area (Å²) in [6.45, 7) is 7.30. The number of rotatable bonds is 5. The molecule has 1 N–H and O–H groups in total. The van der Waals surface area contributed by atoms with Gasteiger partial charge in [-0.15, -0.1) is 5.56 Å². The van der Waals surface area contributed by atoms with Crippen molar-refractivity contribution in [2.75, 3.05) is 6.61 Å². The molecule has 0 aliphatic heterocycles. The quantitative estimate of drug-likeness (QED) is 0.247. The molecule has 1 nitrogen and oxygen atoms in total. The molecule has 0 spiro atoms. The van der Waals surface area contributed by atoms with E-state index in [9.17, 15) is 0 Å². The Labute approximate surface area is 215 Å². The summed E-state index contributed by atoms with van der Waals surface area (Å²) in [5, 5.41) is 10.4. The van der Waals surface area contributed by atoms with E-state index in [1.165, 1.54) is 27.8 Å². The van der Waals surface area contributed by atoms with Crippen LogP contribution in [0, 0.1) is 6.07 Å². The minimum absolute atomic E-state index is 0. The summed E-state index contributed by atoms with van der Waals surface area (Å²) in [6, 6.07) is 22.7. The fraction of sp³-hybridized carbons (Fsp3) is 0.320. The number of halogens is 2. The van der Waals surface area contributed by atoms with E-state index >= 15 is 0 Å². The molecule has 1 aliphatic carbocycles. The summed E-state index contributed by atoms with van der Waals surface area (Å²) in [7, 11) is -0.661. The van der Waals surface area contributed by atoms with Crippen LogP contribution in [-0.4, -0.2) is 20.5 Å². The molecule has 0 atom stereocenters. The molecule has 0 amide bonds. The molecular weight excluding hydrogens is 506 g/mol. The molecule has 158 valence electrons. The Balaban J connectivity index is 0.000000510. The molecule has 0 unspecified atom stereocenters. The van der Waals surface area contributed by atoms with E-state index in [4.69, 9.17) is 5.11 Å². The summed E-state index contributed by atoms with van der Waals surface area (Å²) in [5.41, 5.74) is 8.55. The Morgan fingerprint density at radius 3 is 2.40 bits per heavy atom. The van der Waals surface area contributed by atoms with Gasteiger partial charge in [0.15, 0.2) is 0 Å². The number of aliphatic hydroxyl groups excluding tert-OH is 1. The van der Waals surface area contributed by atoms with Crippen LogP contribution in [0.25, 0.3) is 11.1 Å². The van der Waals surface area contributed by atoms with E-state index < -0.39 is 8.80 Å². The molecule has 0 bridgehead atoms. The Morgan fingerprint density at radius 2 is 1.73 bits per heavy atom. The molecule has 1 aliphatic rings. The van der Waals surface area contributed by atoms with E-state index in [2.05, 4.69) is 74.6 Å². The van der Waals surface area contributed by atoms with Gasteiger partial charge in [-0.3, -0.25) is 0 Å². The van der Waals surface area contributed by atoms with Crippen LogP contribution in [0.15, 0.2) is 54.6 Å². The number of fused-ring (bicyclic) bond motifs is 3. The van der Waals surface area contributed by atoms with E-state index in [0.717, 1.165) is 25.7 Å². The number of benzene rings is 2. The maximum Gasteiger partial charge on any atom is 4.00 e. The zero-order valence-corrected chi connectivity index (χ0v) is 23.1. The summed E-state index contributed by atoms with van der Waals surface area (Å²) in [6.07, 6.45) is 4.14. The van der Waals surface area contributed by atoms with E-state index in [1.54, 1.807) is 10.8 Å². The minimum atomic E-state index is -0.661. The van der Waals surface area contributed by atoms with Crippen molar-refractivity contribution in [2.45, 2.75) is 45.7 Å². The SMILES string of the molecule is CCc1c(CCCO)cc[c-]1[SiH](C)C.[Cl-].[Cl-].[Zr+4].[c-]1cccc2c1Cc1ccccc1-2. The van der Waals surface area contributed by atoms with E-state index in [-0.39, 0.29) is 51.0 Å². The summed E-state index contributed by atoms with van der Waals surface area (Å²) >= 11 is 0. The fourth-order valence-corrected chi connectivity index (χ4v) is 5.62. The first-order chi connectivity index (χ1) is 13.2. The zero-order chi connectivity index (χ0) is 19.2. The van der Waals surface area contributed by atoms with Gasteiger partial charge in [0.1, 0.15) is 0 Å². The van der Waals surface area contributed by atoms with Crippen molar-refractivity contribution in [2.24, 2.45) is 0 Å². The van der Waals surface area contributed by atoms with Crippen molar-refractivity contribution in [3.8, 4) is 11.1 Å². The largest absolute Gasteiger partial charge is 4.00 e. The number of hydrogen-bond donors (Lipinski definition) is 1. The van der Waals surface area contributed by atoms with Crippen LogP contribution < -0.4 is 30.0 Å². The molecule has 4 rings (SSSR count). The summed E-state index contributed by atoms with van der Waals surface area (Å²) in [4.78, 5) is 0. The maximum atomic E-state index is 8.82. The van der Waals surface area contributed by atoms with E-state index in [1.807, 2.05) is 6.07 Å². The predicted octanol–water partition coefficient (Wildman–Crippen LogP) is -1.35. The third kappa shape index (κ3) is 6.97. The van der Waals surface area contributed by atoms with Crippen molar-refractivity contribution in [1.82, 2.24) is 0 Å². The second-order valence-electron chi connectivity index (χ2n) is 7.52. The molecule has 0 aromatic heterocycles. The monoisotopic (exact) mass is 534 g/mol. The second-order valence-corrected chi connectivity index (χ2v) is 10.5. The standard InChI is InChI=1S/C13H9.C12H21OSi.2ClH.Zr/c1-3-7-12-10(5-1)9-11-6-2-4-8-13(11)12;1-4-11-10(6-5-9-13)7-8-12(11)14(2)3;;;/h1-5,7-8H,9H2;7-8,13-14H,4-6,9H2,1-3H3;2*1H;/q2*-1;;;+4/p-2. The van der Waals surface area contributed by atoms with Crippen molar-refractivity contribution in [3.05, 3.63) is 82.9 Å². The van der Waals surface area contributed by atoms with E-state index in [0.29, 0.717) is 6.61 Å². The van der Waals surface area contributed by atoms with Crippen LogP contribution in [0.2, 0.25) is 13.1 Å². The first kappa shape index (κ1) is 29.4. The third-order valence-corrected chi connectivity index (χ3v) is 7.18.